The van der Waals surface area contributed by atoms with Crippen molar-refractivity contribution in [1.82, 2.24) is 4.98 Å². The molecule has 1 aliphatic heterocycles. The van der Waals surface area contributed by atoms with E-state index in [0.717, 1.165) is 22.3 Å². The van der Waals surface area contributed by atoms with Crippen molar-refractivity contribution in [3.63, 3.8) is 0 Å². The normalized spacial score (nSPS) is 19.2. The molecule has 1 aliphatic rings. The fraction of sp³-hybridized carbons (Fsp3) is 0.273. The number of nitrogens with zero attached hydrogens (tertiary/aromatic N) is 1. The number of carbonyl (C=O) groups is 1. The number of aromatic nitrogens is 1. The number of aliphatic imine (C=N–C) groups is 1. The van der Waals surface area contributed by atoms with Crippen LogP contribution in [0.3, 0.4) is 0 Å². The molecule has 29 heavy (non-hydrogen) atoms. The van der Waals surface area contributed by atoms with Crippen LogP contribution < -0.4 is 11.1 Å². The van der Waals surface area contributed by atoms with Gasteiger partial charge in [0, 0.05) is 39.2 Å². The average Bonchev–Trinajstić information content (AvgIpc) is 2.96. The molecule has 0 fully saturated rings. The van der Waals surface area contributed by atoms with Crippen molar-refractivity contribution in [3.05, 3.63) is 64.6 Å². The molecule has 4 N–H and O–H groups in total. The number of aromatic amines is 1. The van der Waals surface area contributed by atoms with Crippen LogP contribution in [0.2, 0.25) is 0 Å². The number of fused-ring (bicyclic) bond motifs is 1. The Bertz CT molecular complexity index is 1150. The Labute approximate surface area is 173 Å². The molecule has 7 heteroatoms. The Morgan fingerprint density at radius 2 is 2.07 bits per heavy atom. The summed E-state index contributed by atoms with van der Waals surface area (Å²) in [6.07, 6.45) is 0.675. The lowest BCUT2D eigenvalue weighted by atomic mass is 9.89. The van der Waals surface area contributed by atoms with Crippen molar-refractivity contribution in [2.24, 2.45) is 10.7 Å². The minimum absolute atomic E-state index is 0.248. The number of carbonyl (C=O) groups excluding carboxylic acids is 1. The number of amides is 1. The van der Waals surface area contributed by atoms with Crippen molar-refractivity contribution >= 4 is 39.4 Å². The number of rotatable bonds is 3. The lowest BCUT2D eigenvalue weighted by Gasteiger charge is -2.30. The van der Waals surface area contributed by atoms with Crippen LogP contribution in [0.4, 0.5) is 10.1 Å². The molecule has 0 saturated heterocycles. The van der Waals surface area contributed by atoms with E-state index >= 15 is 0 Å². The monoisotopic (exact) mass is 410 g/mol. The van der Waals surface area contributed by atoms with Gasteiger partial charge in [0.2, 0.25) is 0 Å². The van der Waals surface area contributed by atoms with E-state index in [9.17, 15) is 9.18 Å². The topological polar surface area (TPSA) is 83.3 Å². The molecule has 1 aromatic heterocycles. The zero-order valence-electron chi connectivity index (χ0n) is 16.6. The number of nitrogens with one attached hydrogen (secondary N) is 2. The molecular formula is C22H23FN4OS. The predicted molar refractivity (Wildman–Crippen MR) is 118 cm³/mol. The Hall–Kier alpha value is -2.80. The summed E-state index contributed by atoms with van der Waals surface area (Å²) < 4.78 is 14.6. The Morgan fingerprint density at radius 1 is 1.28 bits per heavy atom. The molecule has 0 bridgehead atoms. The van der Waals surface area contributed by atoms with Gasteiger partial charge >= 0.3 is 0 Å². The minimum atomic E-state index is -0.738. The van der Waals surface area contributed by atoms with Crippen LogP contribution in [-0.4, -0.2) is 21.8 Å². The van der Waals surface area contributed by atoms with E-state index < -0.39 is 5.54 Å². The summed E-state index contributed by atoms with van der Waals surface area (Å²) in [7, 11) is 0. The van der Waals surface area contributed by atoms with E-state index in [0.29, 0.717) is 28.4 Å². The zero-order valence-corrected chi connectivity index (χ0v) is 17.4. The molecule has 2 heterocycles. The van der Waals surface area contributed by atoms with Gasteiger partial charge in [-0.2, -0.15) is 0 Å². The smallest absolute Gasteiger partial charge is 0.255 e. The summed E-state index contributed by atoms with van der Waals surface area (Å²) >= 11 is 1.47. The first-order chi connectivity index (χ1) is 13.8. The maximum absolute atomic E-state index is 14.6. The van der Waals surface area contributed by atoms with Gasteiger partial charge in [0.15, 0.2) is 5.17 Å². The third kappa shape index (κ3) is 3.62. The second-order valence-electron chi connectivity index (χ2n) is 7.61. The highest BCUT2D eigenvalue weighted by Gasteiger charge is 2.32. The number of benzene rings is 2. The van der Waals surface area contributed by atoms with E-state index in [1.165, 1.54) is 23.4 Å². The van der Waals surface area contributed by atoms with Gasteiger partial charge in [-0.3, -0.25) is 9.79 Å². The van der Waals surface area contributed by atoms with E-state index in [1.807, 2.05) is 32.9 Å². The van der Waals surface area contributed by atoms with Gasteiger partial charge in [0.1, 0.15) is 5.82 Å². The third-order valence-corrected chi connectivity index (χ3v) is 6.37. The van der Waals surface area contributed by atoms with Gasteiger partial charge < -0.3 is 16.0 Å². The van der Waals surface area contributed by atoms with Crippen LogP contribution >= 0.6 is 11.8 Å². The summed E-state index contributed by atoms with van der Waals surface area (Å²) in [5.74, 6) is 0.172. The number of aryl methyl sites for hydroxylation is 2. The zero-order chi connectivity index (χ0) is 20.8. The van der Waals surface area contributed by atoms with Crippen molar-refractivity contribution in [3.8, 4) is 0 Å². The van der Waals surface area contributed by atoms with Crippen LogP contribution in [-0.2, 0) is 5.54 Å². The first kappa shape index (κ1) is 19.5. The van der Waals surface area contributed by atoms with Crippen LogP contribution in [0, 0.1) is 19.7 Å². The van der Waals surface area contributed by atoms with Gasteiger partial charge in [0.25, 0.3) is 5.91 Å². The fourth-order valence-corrected chi connectivity index (χ4v) is 4.69. The van der Waals surface area contributed by atoms with Crippen LogP contribution in [0.1, 0.15) is 40.5 Å². The molecule has 1 amide bonds. The van der Waals surface area contributed by atoms with Crippen molar-refractivity contribution in [2.45, 2.75) is 32.7 Å². The largest absolute Gasteiger partial charge is 0.379 e. The number of H-pyrrole nitrogens is 1. The summed E-state index contributed by atoms with van der Waals surface area (Å²) in [4.78, 5) is 20.5. The first-order valence-corrected chi connectivity index (χ1v) is 10.4. The van der Waals surface area contributed by atoms with E-state index in [1.54, 1.807) is 18.2 Å². The van der Waals surface area contributed by atoms with Crippen LogP contribution in [0.15, 0.2) is 41.4 Å². The van der Waals surface area contributed by atoms with Gasteiger partial charge in [-0.15, -0.1) is 0 Å². The van der Waals surface area contributed by atoms with Crippen LogP contribution in [0.25, 0.3) is 10.9 Å². The highest BCUT2D eigenvalue weighted by atomic mass is 32.2. The number of amidine groups is 1. The molecule has 3 aromatic rings. The van der Waals surface area contributed by atoms with E-state index in [4.69, 9.17) is 5.73 Å². The molecule has 0 radical (unpaired) electrons. The SMILES string of the molecule is Cc1[nH]c2cc(C(=O)Nc3ccc(F)c(C4(C)CCSC(N)=N4)c3)ccc2c1C. The third-order valence-electron chi connectivity index (χ3n) is 5.57. The first-order valence-electron chi connectivity index (χ1n) is 9.45. The second-order valence-corrected chi connectivity index (χ2v) is 8.72. The number of nitrogens with two attached hydrogens (primary N) is 1. The standard InChI is InChI=1S/C22H23FN4OS/c1-12-13(2)25-19-10-14(4-6-16(12)19)20(28)26-15-5-7-18(23)17(11-15)22(3)8-9-29-21(24)27-22/h4-7,10-11,25H,8-9H2,1-3H3,(H2,24,27)(H,26,28). The minimum Gasteiger partial charge on any atom is -0.379 e. The predicted octanol–water partition coefficient (Wildman–Crippen LogP) is 4.84. The van der Waals surface area contributed by atoms with E-state index in [2.05, 4.69) is 15.3 Å². The molecule has 0 spiro atoms. The Kier molecular flexibility index (Phi) is 4.86. The summed E-state index contributed by atoms with van der Waals surface area (Å²) in [5, 5.41) is 4.43. The van der Waals surface area contributed by atoms with Gasteiger partial charge in [0.05, 0.1) is 5.54 Å². The molecule has 0 saturated carbocycles. The van der Waals surface area contributed by atoms with Gasteiger partial charge in [-0.05, 0) is 63.1 Å². The van der Waals surface area contributed by atoms with Crippen LogP contribution in [0.5, 0.6) is 0 Å². The van der Waals surface area contributed by atoms with Crippen molar-refractivity contribution < 1.29 is 9.18 Å². The molecule has 0 aliphatic carbocycles. The maximum Gasteiger partial charge on any atom is 0.255 e. The molecule has 5 nitrogen and oxygen atoms in total. The number of anilines is 1. The quantitative estimate of drug-likeness (QED) is 0.578. The summed E-state index contributed by atoms with van der Waals surface area (Å²) in [5.41, 5.74) is 9.80. The average molecular weight is 411 g/mol. The number of thioether (sulfide) groups is 1. The molecule has 1 unspecified atom stereocenters. The number of hydrogen-bond acceptors (Lipinski definition) is 4. The van der Waals surface area contributed by atoms with Gasteiger partial charge in [-0.25, -0.2) is 4.39 Å². The van der Waals surface area contributed by atoms with Crippen molar-refractivity contribution in [2.75, 3.05) is 11.1 Å². The maximum atomic E-state index is 14.6. The Morgan fingerprint density at radius 3 is 2.83 bits per heavy atom. The Balaban J connectivity index is 1.63. The summed E-state index contributed by atoms with van der Waals surface area (Å²) in [6.45, 7) is 5.93. The lowest BCUT2D eigenvalue weighted by molar-refractivity contribution is 0.102. The molecule has 4 rings (SSSR count). The van der Waals surface area contributed by atoms with E-state index in [-0.39, 0.29) is 11.7 Å². The van der Waals surface area contributed by atoms with Gasteiger partial charge in [-0.1, -0.05) is 17.8 Å². The lowest BCUT2D eigenvalue weighted by Crippen LogP contribution is -2.29. The summed E-state index contributed by atoms with van der Waals surface area (Å²) in [6, 6.07) is 10.2. The number of hydrogen-bond donors (Lipinski definition) is 3. The highest BCUT2D eigenvalue weighted by Crippen LogP contribution is 2.37. The molecule has 1 atom stereocenters. The molecule has 150 valence electrons. The highest BCUT2D eigenvalue weighted by molar-refractivity contribution is 8.13. The van der Waals surface area contributed by atoms with Crippen molar-refractivity contribution in [1.29, 1.82) is 0 Å². The second kappa shape index (κ2) is 7.22. The molecule has 2 aromatic carbocycles. The molecular weight excluding hydrogens is 387 g/mol. The fourth-order valence-electron chi connectivity index (χ4n) is 3.71. The number of halogens is 1.